The number of piperidine rings is 1. The number of aryl methyl sites for hydroxylation is 2. The summed E-state index contributed by atoms with van der Waals surface area (Å²) < 4.78 is 9.92. The first-order valence-electron chi connectivity index (χ1n) is 10.8. The molecule has 2 fully saturated rings. The summed E-state index contributed by atoms with van der Waals surface area (Å²) in [6.45, 7) is 4.42. The Balaban J connectivity index is 1.26. The van der Waals surface area contributed by atoms with Crippen molar-refractivity contribution >= 4 is 11.8 Å². The Morgan fingerprint density at radius 1 is 1.27 bits per heavy atom. The number of nitrogens with zero attached hydrogens (tertiary/aromatic N) is 5. The van der Waals surface area contributed by atoms with Gasteiger partial charge in [0.1, 0.15) is 5.69 Å². The van der Waals surface area contributed by atoms with E-state index in [1.165, 1.54) is 0 Å². The van der Waals surface area contributed by atoms with Crippen molar-refractivity contribution in [1.29, 1.82) is 0 Å². The average Bonchev–Trinajstić information content (AvgIpc) is 3.33. The van der Waals surface area contributed by atoms with Crippen LogP contribution in [0.1, 0.15) is 64.8 Å². The van der Waals surface area contributed by atoms with E-state index >= 15 is 0 Å². The Kier molecular flexibility index (Phi) is 4.65. The number of fused-ring (bicyclic) bond motifs is 1. The summed E-state index contributed by atoms with van der Waals surface area (Å²) in [5.74, 6) is -0.117. The second-order valence-electron chi connectivity index (χ2n) is 8.64. The lowest BCUT2D eigenvalue weighted by Gasteiger charge is -2.43. The number of nitrogens with one attached hydrogen (secondary N) is 1. The zero-order chi connectivity index (χ0) is 20.9. The molecule has 4 heterocycles. The monoisotopic (exact) mass is 412 g/mol. The van der Waals surface area contributed by atoms with Gasteiger partial charge in [-0.3, -0.25) is 19.0 Å². The summed E-state index contributed by atoms with van der Waals surface area (Å²) >= 11 is 0. The van der Waals surface area contributed by atoms with Crippen LogP contribution in [0.2, 0.25) is 0 Å². The normalized spacial score (nSPS) is 20.3. The fraction of sp³-hybridized carbons (Fsp3) is 0.619. The first-order chi connectivity index (χ1) is 14.5. The number of aromatic nitrogens is 4. The zero-order valence-electron chi connectivity index (χ0n) is 17.6. The predicted octanol–water partition coefficient (Wildman–Crippen LogP) is 1.28. The second-order valence-corrected chi connectivity index (χ2v) is 8.64. The number of rotatable bonds is 4. The highest BCUT2D eigenvalue weighted by Crippen LogP contribution is 2.37. The molecule has 2 aromatic heterocycles. The highest BCUT2D eigenvalue weighted by atomic mass is 16.5. The molecular formula is C21H28N6O3. The molecule has 0 atom stereocenters. The van der Waals surface area contributed by atoms with Crippen molar-refractivity contribution in [3.63, 3.8) is 0 Å². The third-order valence-electron chi connectivity index (χ3n) is 6.56. The van der Waals surface area contributed by atoms with Gasteiger partial charge in [-0.15, -0.1) is 0 Å². The van der Waals surface area contributed by atoms with Crippen LogP contribution in [0.3, 0.4) is 0 Å². The average molecular weight is 412 g/mol. The van der Waals surface area contributed by atoms with Gasteiger partial charge in [0.15, 0.2) is 5.69 Å². The predicted molar refractivity (Wildman–Crippen MR) is 108 cm³/mol. The van der Waals surface area contributed by atoms with E-state index in [0.717, 1.165) is 49.9 Å². The standard InChI is InChI=1S/C21H28N6O3/c1-3-27-9-6-16(23-27)20(29)26-10-7-21(8-11-26)12-17-15(13-30-21)18(24-25(17)2)19(28)22-14-4-5-14/h6,9,14H,3-5,7-8,10-13H2,1-2H3,(H,22,28). The molecule has 1 saturated heterocycles. The summed E-state index contributed by atoms with van der Waals surface area (Å²) in [7, 11) is 1.90. The van der Waals surface area contributed by atoms with Gasteiger partial charge in [-0.2, -0.15) is 10.2 Å². The van der Waals surface area contributed by atoms with Gasteiger partial charge in [0.2, 0.25) is 0 Å². The highest BCUT2D eigenvalue weighted by molar-refractivity contribution is 5.94. The number of carbonyl (C=O) groups excluding carboxylic acids is 2. The zero-order valence-corrected chi connectivity index (χ0v) is 17.6. The molecule has 0 bridgehead atoms. The van der Waals surface area contributed by atoms with Gasteiger partial charge < -0.3 is 15.0 Å². The van der Waals surface area contributed by atoms with Crippen LogP contribution < -0.4 is 5.32 Å². The molecule has 2 amide bonds. The SMILES string of the molecule is CCn1ccc(C(=O)N2CCC3(CC2)Cc2c(c(C(=O)NC4CC4)nn2C)CO3)n1. The maximum atomic E-state index is 12.8. The Morgan fingerprint density at radius 2 is 2.03 bits per heavy atom. The van der Waals surface area contributed by atoms with Gasteiger partial charge >= 0.3 is 0 Å². The van der Waals surface area contributed by atoms with Crippen LogP contribution in [0.4, 0.5) is 0 Å². The molecule has 1 N–H and O–H groups in total. The lowest BCUT2D eigenvalue weighted by molar-refractivity contribution is -0.0990. The van der Waals surface area contributed by atoms with E-state index in [1.54, 1.807) is 10.7 Å². The van der Waals surface area contributed by atoms with E-state index in [1.807, 2.05) is 29.7 Å². The smallest absolute Gasteiger partial charge is 0.274 e. The maximum Gasteiger partial charge on any atom is 0.274 e. The third-order valence-corrected chi connectivity index (χ3v) is 6.56. The molecule has 5 rings (SSSR count). The molecule has 160 valence electrons. The first-order valence-corrected chi connectivity index (χ1v) is 10.8. The molecule has 3 aliphatic rings. The fourth-order valence-corrected chi connectivity index (χ4v) is 4.47. The van der Waals surface area contributed by atoms with Gasteiger partial charge in [0.05, 0.1) is 12.2 Å². The van der Waals surface area contributed by atoms with Gasteiger partial charge in [0.25, 0.3) is 11.8 Å². The van der Waals surface area contributed by atoms with Crippen molar-refractivity contribution in [2.45, 2.75) is 63.8 Å². The Morgan fingerprint density at radius 3 is 2.70 bits per heavy atom. The minimum atomic E-state index is -0.301. The molecule has 1 aliphatic carbocycles. The van der Waals surface area contributed by atoms with Crippen LogP contribution in [-0.2, 0) is 31.4 Å². The summed E-state index contributed by atoms with van der Waals surface area (Å²) in [5.41, 5.74) is 2.67. The molecule has 0 radical (unpaired) electrons. The highest BCUT2D eigenvalue weighted by Gasteiger charge is 2.43. The molecule has 1 spiro atoms. The molecule has 2 aliphatic heterocycles. The number of hydrogen-bond acceptors (Lipinski definition) is 5. The van der Waals surface area contributed by atoms with Crippen LogP contribution in [0.15, 0.2) is 12.3 Å². The van der Waals surface area contributed by atoms with E-state index in [9.17, 15) is 9.59 Å². The van der Waals surface area contributed by atoms with Crippen LogP contribution in [0, 0.1) is 0 Å². The van der Waals surface area contributed by atoms with Crippen molar-refractivity contribution in [2.24, 2.45) is 7.05 Å². The lowest BCUT2D eigenvalue weighted by Crippen LogP contribution is -2.50. The number of ether oxygens (including phenoxy) is 1. The van der Waals surface area contributed by atoms with Crippen LogP contribution in [0.5, 0.6) is 0 Å². The molecule has 30 heavy (non-hydrogen) atoms. The fourth-order valence-electron chi connectivity index (χ4n) is 4.47. The Bertz CT molecular complexity index is 981. The Labute approximate surface area is 175 Å². The van der Waals surface area contributed by atoms with Crippen molar-refractivity contribution < 1.29 is 14.3 Å². The van der Waals surface area contributed by atoms with Crippen molar-refractivity contribution in [1.82, 2.24) is 29.8 Å². The van der Waals surface area contributed by atoms with Crippen molar-refractivity contribution in [2.75, 3.05) is 13.1 Å². The second kappa shape index (κ2) is 7.23. The maximum absolute atomic E-state index is 12.8. The number of likely N-dealkylation sites (tertiary alicyclic amines) is 1. The molecule has 0 aromatic carbocycles. The molecule has 2 aromatic rings. The van der Waals surface area contributed by atoms with E-state index in [0.29, 0.717) is 37.1 Å². The summed E-state index contributed by atoms with van der Waals surface area (Å²) in [6.07, 6.45) is 6.18. The van der Waals surface area contributed by atoms with Crippen molar-refractivity contribution in [3.05, 3.63) is 34.9 Å². The minimum Gasteiger partial charge on any atom is -0.370 e. The lowest BCUT2D eigenvalue weighted by atomic mass is 9.83. The summed E-state index contributed by atoms with van der Waals surface area (Å²) in [6, 6.07) is 2.08. The van der Waals surface area contributed by atoms with E-state index < -0.39 is 0 Å². The Hall–Kier alpha value is -2.68. The van der Waals surface area contributed by atoms with E-state index in [2.05, 4.69) is 15.5 Å². The van der Waals surface area contributed by atoms with Crippen LogP contribution >= 0.6 is 0 Å². The molecular weight excluding hydrogens is 384 g/mol. The summed E-state index contributed by atoms with van der Waals surface area (Å²) in [5, 5.41) is 11.9. The minimum absolute atomic E-state index is 0.0203. The molecule has 9 heteroatoms. The van der Waals surface area contributed by atoms with Crippen LogP contribution in [0.25, 0.3) is 0 Å². The van der Waals surface area contributed by atoms with Gasteiger partial charge in [-0.05, 0) is 38.7 Å². The van der Waals surface area contributed by atoms with Gasteiger partial charge in [0, 0.05) is 56.6 Å². The van der Waals surface area contributed by atoms with Gasteiger partial charge in [-0.1, -0.05) is 0 Å². The number of amides is 2. The number of carbonyl (C=O) groups is 2. The van der Waals surface area contributed by atoms with E-state index in [-0.39, 0.29) is 17.4 Å². The largest absolute Gasteiger partial charge is 0.370 e. The summed E-state index contributed by atoms with van der Waals surface area (Å²) in [4.78, 5) is 27.2. The third kappa shape index (κ3) is 3.40. The van der Waals surface area contributed by atoms with E-state index in [4.69, 9.17) is 4.74 Å². The molecule has 0 unspecified atom stereocenters. The quantitative estimate of drug-likeness (QED) is 0.816. The number of hydrogen-bond donors (Lipinski definition) is 1. The molecule has 1 saturated carbocycles. The molecule has 9 nitrogen and oxygen atoms in total. The van der Waals surface area contributed by atoms with Gasteiger partial charge in [-0.25, -0.2) is 0 Å². The van der Waals surface area contributed by atoms with Crippen LogP contribution in [-0.4, -0.2) is 61.0 Å². The van der Waals surface area contributed by atoms with Crippen molar-refractivity contribution in [3.8, 4) is 0 Å². The first kappa shape index (κ1) is 19.3. The topological polar surface area (TPSA) is 94.3 Å².